The summed E-state index contributed by atoms with van der Waals surface area (Å²) in [6, 6.07) is 1.80. The van der Waals surface area contributed by atoms with Crippen molar-refractivity contribution in [1.82, 2.24) is 5.32 Å². The van der Waals surface area contributed by atoms with Crippen LogP contribution in [0.2, 0.25) is 0 Å². The Morgan fingerprint density at radius 2 is 2.00 bits per heavy atom. The molecule has 0 unspecified atom stereocenters. The average molecular weight is 324 g/mol. The predicted molar refractivity (Wildman–Crippen MR) is 70.7 cm³/mol. The van der Waals surface area contributed by atoms with Crippen LogP contribution in [0.5, 0.6) is 0 Å². The second kappa shape index (κ2) is 5.83. The van der Waals surface area contributed by atoms with Gasteiger partial charge < -0.3 is 5.32 Å². The summed E-state index contributed by atoms with van der Waals surface area (Å²) >= 11 is 5.66. The zero-order valence-electron chi connectivity index (χ0n) is 11.1. The Kier molecular flexibility index (Phi) is 4.46. The molecule has 0 aromatic heterocycles. The molecule has 1 N–H and O–H groups in total. The fourth-order valence-electron chi connectivity index (χ4n) is 2.13. The number of amides is 1. The van der Waals surface area contributed by atoms with E-state index in [-0.39, 0.29) is 5.41 Å². The summed E-state index contributed by atoms with van der Waals surface area (Å²) in [5.74, 6) is -1.35. The molecule has 0 aliphatic heterocycles. The highest BCUT2D eigenvalue weighted by Crippen LogP contribution is 2.48. The Morgan fingerprint density at radius 1 is 1.33 bits per heavy atom. The van der Waals surface area contributed by atoms with E-state index in [2.05, 4.69) is 5.32 Å². The van der Waals surface area contributed by atoms with Gasteiger partial charge in [-0.3, -0.25) is 4.79 Å². The number of alkyl halides is 4. The number of halogens is 5. The molecule has 0 saturated heterocycles. The normalized spacial score (nSPS) is 16.6. The van der Waals surface area contributed by atoms with Gasteiger partial charge in [-0.25, -0.2) is 4.39 Å². The van der Waals surface area contributed by atoms with E-state index < -0.39 is 29.0 Å². The lowest BCUT2D eigenvalue weighted by Gasteiger charge is -2.15. The molecule has 0 radical (unpaired) electrons. The molecule has 1 aromatic rings. The Bertz CT molecular complexity index is 540. The largest absolute Gasteiger partial charge is 0.416 e. The van der Waals surface area contributed by atoms with Crippen LogP contribution in [0.15, 0.2) is 18.2 Å². The molecular formula is C14H14ClF4NO. The van der Waals surface area contributed by atoms with E-state index in [4.69, 9.17) is 11.6 Å². The van der Waals surface area contributed by atoms with Gasteiger partial charge in [-0.2, -0.15) is 13.2 Å². The molecule has 1 fully saturated rings. The molecule has 2 nitrogen and oxygen atoms in total. The van der Waals surface area contributed by atoms with Gasteiger partial charge in [-0.15, -0.1) is 11.6 Å². The summed E-state index contributed by atoms with van der Waals surface area (Å²) in [4.78, 5) is 11.9. The van der Waals surface area contributed by atoms with Gasteiger partial charge in [0, 0.05) is 12.4 Å². The standard InChI is InChI=1S/C14H14ClF4NO/c15-6-5-13(3-4-13)8-20-12(21)10-7-9(14(17,18)19)1-2-11(10)16/h1-2,7H,3-6,8H2,(H,20,21). The first-order chi connectivity index (χ1) is 9.77. The quantitative estimate of drug-likeness (QED) is 0.644. The topological polar surface area (TPSA) is 29.1 Å². The lowest BCUT2D eigenvalue weighted by Crippen LogP contribution is -2.31. The van der Waals surface area contributed by atoms with E-state index in [1.807, 2.05) is 0 Å². The Labute approximate surface area is 124 Å². The smallest absolute Gasteiger partial charge is 0.351 e. The average Bonchev–Trinajstić information content (AvgIpc) is 3.16. The summed E-state index contributed by atoms with van der Waals surface area (Å²) in [5.41, 5.74) is -1.71. The molecule has 0 heterocycles. The number of rotatable bonds is 5. The van der Waals surface area contributed by atoms with Gasteiger partial charge in [0.1, 0.15) is 5.82 Å². The van der Waals surface area contributed by atoms with Crippen molar-refractivity contribution in [2.45, 2.75) is 25.4 Å². The highest BCUT2D eigenvalue weighted by Gasteiger charge is 2.42. The third-order valence-corrected chi connectivity index (χ3v) is 3.93. The van der Waals surface area contributed by atoms with Crippen LogP contribution >= 0.6 is 11.6 Å². The molecule has 116 valence electrons. The SMILES string of the molecule is O=C(NCC1(CCCl)CC1)c1cc(C(F)(F)F)ccc1F. The highest BCUT2D eigenvalue weighted by molar-refractivity contribution is 6.17. The van der Waals surface area contributed by atoms with E-state index in [0.717, 1.165) is 19.3 Å². The maximum atomic E-state index is 13.5. The first-order valence-electron chi connectivity index (χ1n) is 6.48. The van der Waals surface area contributed by atoms with Gasteiger partial charge in [0.25, 0.3) is 5.91 Å². The molecule has 21 heavy (non-hydrogen) atoms. The van der Waals surface area contributed by atoms with Crippen LogP contribution < -0.4 is 5.32 Å². The predicted octanol–water partition coefficient (Wildman–Crippen LogP) is 3.98. The van der Waals surface area contributed by atoms with Gasteiger partial charge in [0.05, 0.1) is 11.1 Å². The minimum atomic E-state index is -4.61. The zero-order valence-corrected chi connectivity index (χ0v) is 11.8. The van der Waals surface area contributed by atoms with Gasteiger partial charge in [0.15, 0.2) is 0 Å². The molecule has 7 heteroatoms. The molecule has 0 bridgehead atoms. The molecule has 1 saturated carbocycles. The molecule has 0 spiro atoms. The van der Waals surface area contributed by atoms with Crippen molar-refractivity contribution in [3.05, 3.63) is 35.1 Å². The van der Waals surface area contributed by atoms with E-state index in [1.165, 1.54) is 0 Å². The fourth-order valence-corrected chi connectivity index (χ4v) is 2.53. The van der Waals surface area contributed by atoms with Crippen molar-refractivity contribution in [1.29, 1.82) is 0 Å². The Balaban J connectivity index is 2.08. The summed E-state index contributed by atoms with van der Waals surface area (Å²) in [5, 5.41) is 2.50. The molecule has 0 atom stereocenters. The lowest BCUT2D eigenvalue weighted by molar-refractivity contribution is -0.137. The molecule has 1 aliphatic carbocycles. The number of nitrogens with one attached hydrogen (secondary N) is 1. The summed E-state index contributed by atoms with van der Waals surface area (Å²) in [6.45, 7) is 0.300. The number of carbonyl (C=O) groups excluding carboxylic acids is 1. The maximum absolute atomic E-state index is 13.5. The van der Waals surface area contributed by atoms with E-state index in [9.17, 15) is 22.4 Å². The van der Waals surface area contributed by atoms with Gasteiger partial charge >= 0.3 is 6.18 Å². The highest BCUT2D eigenvalue weighted by atomic mass is 35.5. The van der Waals surface area contributed by atoms with Crippen molar-refractivity contribution in [2.75, 3.05) is 12.4 Å². The number of hydrogen-bond donors (Lipinski definition) is 1. The molecule has 1 aliphatic rings. The van der Waals surface area contributed by atoms with Gasteiger partial charge in [-0.1, -0.05) is 0 Å². The first kappa shape index (κ1) is 16.1. The molecule has 2 rings (SSSR count). The van der Waals surface area contributed by atoms with Crippen LogP contribution in [-0.2, 0) is 6.18 Å². The monoisotopic (exact) mass is 323 g/mol. The van der Waals surface area contributed by atoms with Crippen LogP contribution in [0, 0.1) is 11.2 Å². The number of carbonyl (C=O) groups is 1. The summed E-state index contributed by atoms with van der Waals surface area (Å²) < 4.78 is 51.3. The van der Waals surface area contributed by atoms with Gasteiger partial charge in [-0.05, 0) is 42.9 Å². The second-order valence-corrected chi connectivity index (χ2v) is 5.69. The van der Waals surface area contributed by atoms with Crippen molar-refractivity contribution in [3.8, 4) is 0 Å². The van der Waals surface area contributed by atoms with Crippen LogP contribution in [0.4, 0.5) is 17.6 Å². The summed E-state index contributed by atoms with van der Waals surface area (Å²) in [6.07, 6.45) is -2.07. The van der Waals surface area contributed by atoms with E-state index >= 15 is 0 Å². The lowest BCUT2D eigenvalue weighted by atomic mass is 10.0. The third kappa shape index (κ3) is 3.87. The summed E-state index contributed by atoms with van der Waals surface area (Å²) in [7, 11) is 0. The Hall–Kier alpha value is -1.30. The van der Waals surface area contributed by atoms with Gasteiger partial charge in [0.2, 0.25) is 0 Å². The first-order valence-corrected chi connectivity index (χ1v) is 7.02. The van der Waals surface area contributed by atoms with Crippen molar-refractivity contribution >= 4 is 17.5 Å². The zero-order chi connectivity index (χ0) is 15.7. The third-order valence-electron chi connectivity index (χ3n) is 3.74. The maximum Gasteiger partial charge on any atom is 0.416 e. The van der Waals surface area contributed by atoms with Crippen molar-refractivity contribution in [2.24, 2.45) is 5.41 Å². The van der Waals surface area contributed by atoms with E-state index in [1.54, 1.807) is 0 Å². The van der Waals surface area contributed by atoms with E-state index in [0.29, 0.717) is 30.6 Å². The molecule has 1 amide bonds. The van der Waals surface area contributed by atoms with Crippen molar-refractivity contribution < 1.29 is 22.4 Å². The minimum Gasteiger partial charge on any atom is -0.351 e. The minimum absolute atomic E-state index is 0.0739. The van der Waals surface area contributed by atoms with Crippen LogP contribution in [-0.4, -0.2) is 18.3 Å². The van der Waals surface area contributed by atoms with Crippen LogP contribution in [0.1, 0.15) is 35.2 Å². The number of hydrogen-bond acceptors (Lipinski definition) is 1. The van der Waals surface area contributed by atoms with Crippen molar-refractivity contribution in [3.63, 3.8) is 0 Å². The van der Waals surface area contributed by atoms with Crippen LogP contribution in [0.25, 0.3) is 0 Å². The fraction of sp³-hybridized carbons (Fsp3) is 0.500. The van der Waals surface area contributed by atoms with Crippen LogP contribution in [0.3, 0.4) is 0 Å². The second-order valence-electron chi connectivity index (χ2n) is 5.31. The number of benzene rings is 1. The molecule has 1 aromatic carbocycles. The Morgan fingerprint density at radius 3 is 2.52 bits per heavy atom. The molecular weight excluding hydrogens is 310 g/mol.